The highest BCUT2D eigenvalue weighted by Gasteiger charge is 2.06. The van der Waals surface area contributed by atoms with Crippen molar-refractivity contribution in [2.75, 3.05) is 0 Å². The Morgan fingerprint density at radius 3 is 2.35 bits per heavy atom. The summed E-state index contributed by atoms with van der Waals surface area (Å²) in [5.41, 5.74) is 0.912. The monoisotopic (exact) mass is 258 g/mol. The number of Topliss-reactive ketones (excluding diaryl/α,β-unsaturated/α-hetero) is 1. The molecule has 1 aromatic rings. The lowest BCUT2D eigenvalue weighted by Crippen LogP contribution is -2.06. The SMILES string of the molecule is CCC(=O)CCc1ccc(OS(=O)(=O)O)cc1. The Morgan fingerprint density at radius 2 is 1.88 bits per heavy atom. The van der Waals surface area contributed by atoms with Crippen LogP contribution in [0.1, 0.15) is 25.3 Å². The maximum atomic E-state index is 11.1. The van der Waals surface area contributed by atoms with Gasteiger partial charge >= 0.3 is 10.4 Å². The van der Waals surface area contributed by atoms with Crippen LogP contribution in [0.3, 0.4) is 0 Å². The first-order valence-corrected chi connectivity index (χ1v) is 6.55. The molecule has 0 aliphatic rings. The third kappa shape index (κ3) is 5.46. The van der Waals surface area contributed by atoms with E-state index in [0.29, 0.717) is 19.3 Å². The summed E-state index contributed by atoms with van der Waals surface area (Å²) in [6.45, 7) is 1.81. The van der Waals surface area contributed by atoms with Crippen LogP contribution in [0.15, 0.2) is 24.3 Å². The Labute approximate surface area is 100 Å². The summed E-state index contributed by atoms with van der Waals surface area (Å²) in [6.07, 6.45) is 1.60. The minimum Gasteiger partial charge on any atom is -0.362 e. The average molecular weight is 258 g/mol. The first-order valence-electron chi connectivity index (χ1n) is 5.18. The van der Waals surface area contributed by atoms with Crippen molar-refractivity contribution in [3.05, 3.63) is 29.8 Å². The van der Waals surface area contributed by atoms with Crippen LogP contribution in [-0.4, -0.2) is 18.8 Å². The maximum Gasteiger partial charge on any atom is 0.446 e. The van der Waals surface area contributed by atoms with Crippen molar-refractivity contribution in [2.24, 2.45) is 0 Å². The van der Waals surface area contributed by atoms with Crippen molar-refractivity contribution >= 4 is 16.2 Å². The summed E-state index contributed by atoms with van der Waals surface area (Å²) in [5.74, 6) is 0.223. The summed E-state index contributed by atoms with van der Waals surface area (Å²) < 4.78 is 33.6. The lowest BCUT2D eigenvalue weighted by atomic mass is 10.1. The molecule has 0 aromatic heterocycles. The van der Waals surface area contributed by atoms with E-state index in [1.807, 2.05) is 6.92 Å². The fourth-order valence-electron chi connectivity index (χ4n) is 1.29. The molecular formula is C11H14O5S. The lowest BCUT2D eigenvalue weighted by Gasteiger charge is -2.03. The molecule has 1 rings (SSSR count). The maximum absolute atomic E-state index is 11.1. The molecule has 17 heavy (non-hydrogen) atoms. The highest BCUT2D eigenvalue weighted by molar-refractivity contribution is 7.81. The summed E-state index contributed by atoms with van der Waals surface area (Å²) in [6, 6.07) is 6.17. The third-order valence-electron chi connectivity index (χ3n) is 2.21. The molecule has 5 nitrogen and oxygen atoms in total. The summed E-state index contributed by atoms with van der Waals surface area (Å²) in [4.78, 5) is 11.1. The number of rotatable bonds is 6. The fourth-order valence-corrected chi connectivity index (χ4v) is 1.65. The van der Waals surface area contributed by atoms with Gasteiger partial charge in [-0.1, -0.05) is 19.1 Å². The Kier molecular flexibility index (Phi) is 4.65. The molecule has 0 heterocycles. The molecule has 94 valence electrons. The highest BCUT2D eigenvalue weighted by Crippen LogP contribution is 2.15. The van der Waals surface area contributed by atoms with E-state index in [9.17, 15) is 13.2 Å². The number of hydrogen-bond donors (Lipinski definition) is 1. The predicted octanol–water partition coefficient (Wildman–Crippen LogP) is 1.78. The standard InChI is InChI=1S/C11H14O5S/c1-2-10(12)6-3-9-4-7-11(8-5-9)16-17(13,14)15/h4-5,7-8H,2-3,6H2,1H3,(H,13,14,15). The smallest absolute Gasteiger partial charge is 0.362 e. The molecule has 0 aliphatic carbocycles. The number of benzene rings is 1. The summed E-state index contributed by atoms with van der Waals surface area (Å²) >= 11 is 0. The molecule has 0 saturated carbocycles. The van der Waals surface area contributed by atoms with Crippen molar-refractivity contribution in [1.29, 1.82) is 0 Å². The van der Waals surface area contributed by atoms with Gasteiger partial charge in [-0.15, -0.1) is 0 Å². The Hall–Kier alpha value is -1.40. The van der Waals surface area contributed by atoms with Gasteiger partial charge in [-0.2, -0.15) is 8.42 Å². The second-order valence-electron chi connectivity index (χ2n) is 3.55. The zero-order valence-corrected chi connectivity index (χ0v) is 10.2. The van der Waals surface area contributed by atoms with E-state index in [4.69, 9.17) is 4.55 Å². The Morgan fingerprint density at radius 1 is 1.29 bits per heavy atom. The zero-order valence-electron chi connectivity index (χ0n) is 9.42. The van der Waals surface area contributed by atoms with E-state index in [1.165, 1.54) is 12.1 Å². The lowest BCUT2D eigenvalue weighted by molar-refractivity contribution is -0.118. The molecule has 6 heteroatoms. The predicted molar refractivity (Wildman–Crippen MR) is 62.2 cm³/mol. The fraction of sp³-hybridized carbons (Fsp3) is 0.364. The first kappa shape index (κ1) is 13.7. The molecule has 0 bridgehead atoms. The number of hydrogen-bond acceptors (Lipinski definition) is 4. The highest BCUT2D eigenvalue weighted by atomic mass is 32.3. The number of carbonyl (C=O) groups excluding carboxylic acids is 1. The van der Waals surface area contributed by atoms with Crippen molar-refractivity contribution < 1.29 is 21.9 Å². The van der Waals surface area contributed by atoms with Crippen molar-refractivity contribution in [3.63, 3.8) is 0 Å². The van der Waals surface area contributed by atoms with Crippen molar-refractivity contribution in [3.8, 4) is 5.75 Å². The average Bonchev–Trinajstić information content (AvgIpc) is 2.25. The number of ketones is 1. The number of carbonyl (C=O) groups is 1. The molecule has 0 saturated heterocycles. The molecule has 0 fully saturated rings. The van der Waals surface area contributed by atoms with Gasteiger partial charge < -0.3 is 4.18 Å². The van der Waals surface area contributed by atoms with Gasteiger partial charge in [0.15, 0.2) is 0 Å². The topological polar surface area (TPSA) is 80.7 Å². The van der Waals surface area contributed by atoms with Crippen LogP contribution in [0, 0.1) is 0 Å². The van der Waals surface area contributed by atoms with Gasteiger partial charge in [0.05, 0.1) is 0 Å². The third-order valence-corrected chi connectivity index (χ3v) is 2.61. The van der Waals surface area contributed by atoms with Crippen LogP contribution < -0.4 is 4.18 Å². The van der Waals surface area contributed by atoms with Crippen LogP contribution in [0.2, 0.25) is 0 Å². The molecule has 1 N–H and O–H groups in total. The minimum absolute atomic E-state index is 0.0399. The normalized spacial score (nSPS) is 11.2. The summed E-state index contributed by atoms with van der Waals surface area (Å²) in [5, 5.41) is 0. The molecule has 0 atom stereocenters. The van der Waals surface area contributed by atoms with Crippen molar-refractivity contribution in [2.45, 2.75) is 26.2 Å². The molecule has 0 aliphatic heterocycles. The minimum atomic E-state index is -4.47. The van der Waals surface area contributed by atoms with E-state index in [1.54, 1.807) is 12.1 Å². The van der Waals surface area contributed by atoms with Gasteiger partial charge in [0.1, 0.15) is 11.5 Å². The molecule has 0 amide bonds. The van der Waals surface area contributed by atoms with Crippen LogP contribution >= 0.6 is 0 Å². The molecule has 1 aromatic carbocycles. The summed E-state index contributed by atoms with van der Waals surface area (Å²) in [7, 11) is -4.47. The largest absolute Gasteiger partial charge is 0.446 e. The van der Waals surface area contributed by atoms with Gasteiger partial charge in [0.2, 0.25) is 0 Å². The van der Waals surface area contributed by atoms with E-state index >= 15 is 0 Å². The van der Waals surface area contributed by atoms with Crippen LogP contribution in [0.4, 0.5) is 0 Å². The molecule has 0 spiro atoms. The van der Waals surface area contributed by atoms with Gasteiger partial charge in [-0.25, -0.2) is 0 Å². The Balaban J connectivity index is 2.59. The van der Waals surface area contributed by atoms with Crippen molar-refractivity contribution in [1.82, 2.24) is 0 Å². The van der Waals surface area contributed by atoms with E-state index in [0.717, 1.165) is 5.56 Å². The quantitative estimate of drug-likeness (QED) is 0.786. The van der Waals surface area contributed by atoms with Crippen LogP contribution in [0.25, 0.3) is 0 Å². The Bertz CT molecular complexity index is 475. The molecular weight excluding hydrogens is 244 g/mol. The van der Waals surface area contributed by atoms with E-state index in [-0.39, 0.29) is 11.5 Å². The van der Waals surface area contributed by atoms with Gasteiger partial charge in [-0.05, 0) is 24.1 Å². The van der Waals surface area contributed by atoms with Crippen LogP contribution in [-0.2, 0) is 21.6 Å². The second-order valence-corrected chi connectivity index (χ2v) is 4.57. The first-order chi connectivity index (χ1) is 7.90. The molecule has 0 radical (unpaired) electrons. The molecule has 0 unspecified atom stereocenters. The van der Waals surface area contributed by atoms with Crippen LogP contribution in [0.5, 0.6) is 5.75 Å². The van der Waals surface area contributed by atoms with E-state index in [2.05, 4.69) is 4.18 Å². The van der Waals surface area contributed by atoms with Gasteiger partial charge in [0.25, 0.3) is 0 Å². The second kappa shape index (κ2) is 5.79. The number of aryl methyl sites for hydroxylation is 1. The zero-order chi connectivity index (χ0) is 12.9. The van der Waals surface area contributed by atoms with E-state index < -0.39 is 10.4 Å². The van der Waals surface area contributed by atoms with Gasteiger partial charge in [-0.3, -0.25) is 9.35 Å². The van der Waals surface area contributed by atoms with Gasteiger partial charge in [0, 0.05) is 12.8 Å².